The molecular formula is C27H26F3N3O5. The van der Waals surface area contributed by atoms with Gasteiger partial charge in [-0.2, -0.15) is 13.2 Å². The summed E-state index contributed by atoms with van der Waals surface area (Å²) in [7, 11) is 1.50. The maximum absolute atomic E-state index is 13.9. The summed E-state index contributed by atoms with van der Waals surface area (Å²) in [6, 6.07) is 10.7. The molecule has 2 N–H and O–H groups in total. The first-order chi connectivity index (χ1) is 18.0. The molecule has 0 fully saturated rings. The number of halogens is 3. The predicted molar refractivity (Wildman–Crippen MR) is 132 cm³/mol. The van der Waals surface area contributed by atoms with Crippen LogP contribution in [0.1, 0.15) is 53.7 Å². The molecule has 2 amide bonds. The van der Waals surface area contributed by atoms with Crippen LogP contribution in [0, 0.1) is 11.8 Å². The molecule has 200 valence electrons. The predicted octanol–water partition coefficient (Wildman–Crippen LogP) is 3.35. The number of likely N-dealkylation sites (N-methyl/N-ethyl adjacent to an activating group) is 1. The highest BCUT2D eigenvalue weighted by atomic mass is 19.4. The zero-order valence-corrected chi connectivity index (χ0v) is 20.7. The zero-order chi connectivity index (χ0) is 28.0. The van der Waals surface area contributed by atoms with E-state index in [1.807, 2.05) is 0 Å². The van der Waals surface area contributed by atoms with Crippen LogP contribution in [-0.2, 0) is 19.1 Å². The highest BCUT2D eigenvalue weighted by Gasteiger charge is 2.44. The van der Waals surface area contributed by atoms with Crippen molar-refractivity contribution in [3.63, 3.8) is 0 Å². The van der Waals surface area contributed by atoms with E-state index >= 15 is 0 Å². The lowest BCUT2D eigenvalue weighted by Gasteiger charge is -2.34. The molecule has 2 atom stereocenters. The number of rotatable bonds is 6. The number of hydrogen-bond donors (Lipinski definition) is 1. The molecule has 0 saturated heterocycles. The lowest BCUT2D eigenvalue weighted by molar-refractivity contribution is -0.202. The monoisotopic (exact) mass is 529 g/mol. The van der Waals surface area contributed by atoms with Crippen molar-refractivity contribution in [1.29, 1.82) is 0 Å². The summed E-state index contributed by atoms with van der Waals surface area (Å²) in [5.74, 6) is 0.637. The Morgan fingerprint density at radius 2 is 1.82 bits per heavy atom. The van der Waals surface area contributed by atoms with Crippen molar-refractivity contribution >= 4 is 29.4 Å². The van der Waals surface area contributed by atoms with Crippen molar-refractivity contribution in [3.8, 4) is 11.8 Å². The van der Waals surface area contributed by atoms with Crippen LogP contribution in [0.15, 0.2) is 48.5 Å². The molecule has 2 unspecified atom stereocenters. The van der Waals surface area contributed by atoms with Gasteiger partial charge in [-0.3, -0.25) is 14.4 Å². The van der Waals surface area contributed by atoms with Crippen LogP contribution < -0.4 is 10.6 Å². The first-order valence-corrected chi connectivity index (χ1v) is 11.8. The Morgan fingerprint density at radius 1 is 1.13 bits per heavy atom. The number of carbonyl (C=O) groups excluding carboxylic acids is 4. The average molecular weight is 530 g/mol. The van der Waals surface area contributed by atoms with E-state index in [0.717, 1.165) is 4.90 Å². The lowest BCUT2D eigenvalue weighted by atomic mass is 10.0. The van der Waals surface area contributed by atoms with Crippen molar-refractivity contribution in [2.45, 2.75) is 44.4 Å². The molecule has 0 aromatic heterocycles. The molecule has 0 bridgehead atoms. The average Bonchev–Trinajstić information content (AvgIpc) is 2.95. The van der Waals surface area contributed by atoms with E-state index in [0.29, 0.717) is 36.2 Å². The Bertz CT molecular complexity index is 1280. The van der Waals surface area contributed by atoms with Gasteiger partial charge in [-0.1, -0.05) is 42.2 Å². The maximum Gasteiger partial charge on any atom is 0.491 e. The largest absolute Gasteiger partial charge is 0.491 e. The fraction of sp³-hybridized carbons (Fsp3) is 0.333. The minimum atomic E-state index is -5.36. The van der Waals surface area contributed by atoms with Gasteiger partial charge < -0.3 is 20.3 Å². The highest BCUT2D eigenvalue weighted by Crippen LogP contribution is 2.36. The first-order valence-electron chi connectivity index (χ1n) is 11.8. The summed E-state index contributed by atoms with van der Waals surface area (Å²) in [5, 5.41) is 0. The topological polar surface area (TPSA) is 110 Å². The molecule has 0 radical (unpaired) electrons. The maximum atomic E-state index is 13.9. The Kier molecular flexibility index (Phi) is 8.91. The Balaban J connectivity index is 2.04. The number of unbranched alkanes of at least 4 members (excludes halogenated alkanes) is 1. The molecule has 1 aliphatic rings. The zero-order valence-electron chi connectivity index (χ0n) is 20.7. The molecule has 38 heavy (non-hydrogen) atoms. The van der Waals surface area contributed by atoms with Gasteiger partial charge in [0.2, 0.25) is 0 Å². The third kappa shape index (κ3) is 6.39. The second-order valence-electron chi connectivity index (χ2n) is 8.66. The highest BCUT2D eigenvalue weighted by molar-refractivity contribution is 6.11. The van der Waals surface area contributed by atoms with Crippen LogP contribution in [0.4, 0.5) is 18.9 Å². The molecule has 0 aliphatic carbocycles. The number of esters is 2. The molecular weight excluding hydrogens is 503 g/mol. The van der Waals surface area contributed by atoms with Gasteiger partial charge in [-0.15, -0.1) is 0 Å². The Labute approximate surface area is 217 Å². The lowest BCUT2D eigenvalue weighted by Crippen LogP contribution is -2.46. The minimum absolute atomic E-state index is 0.122. The molecule has 2 aromatic rings. The number of carbonyl (C=O) groups is 4. The number of nitrogens with two attached hydrogens (primary N) is 1. The fourth-order valence-corrected chi connectivity index (χ4v) is 4.05. The van der Waals surface area contributed by atoms with Crippen LogP contribution in [0.25, 0.3) is 0 Å². The van der Waals surface area contributed by atoms with Gasteiger partial charge in [0.15, 0.2) is 0 Å². The second-order valence-corrected chi connectivity index (χ2v) is 8.66. The number of alkyl halides is 3. The SMILES string of the molecule is CC(CC(=O)OC(=O)C(F)(F)F)N1C(=O)c2cc(C#CCCCN)ccc2N(C)C(=O)C1c1ccccc1. The molecule has 1 aliphatic heterocycles. The number of ether oxygens (including phenoxy) is 1. The van der Waals surface area contributed by atoms with E-state index in [9.17, 15) is 32.3 Å². The van der Waals surface area contributed by atoms with Crippen LogP contribution in [0.2, 0.25) is 0 Å². The first kappa shape index (κ1) is 28.4. The van der Waals surface area contributed by atoms with Crippen molar-refractivity contribution in [2.75, 3.05) is 18.5 Å². The summed E-state index contributed by atoms with van der Waals surface area (Å²) in [4.78, 5) is 53.4. The number of hydrogen-bond acceptors (Lipinski definition) is 6. The number of amides is 2. The van der Waals surface area contributed by atoms with Gasteiger partial charge in [-0.05, 0) is 43.7 Å². The Hall–Kier alpha value is -4.17. The molecule has 1 heterocycles. The summed E-state index contributed by atoms with van der Waals surface area (Å²) < 4.78 is 41.6. The number of benzene rings is 2. The van der Waals surface area contributed by atoms with Crippen molar-refractivity contribution < 1.29 is 37.1 Å². The summed E-state index contributed by atoms with van der Waals surface area (Å²) >= 11 is 0. The summed E-state index contributed by atoms with van der Waals surface area (Å²) in [5.41, 5.74) is 6.85. The van der Waals surface area contributed by atoms with Crippen molar-refractivity contribution in [1.82, 2.24) is 4.90 Å². The van der Waals surface area contributed by atoms with E-state index in [2.05, 4.69) is 16.6 Å². The molecule has 3 rings (SSSR count). The number of anilines is 1. The minimum Gasteiger partial charge on any atom is -0.386 e. The number of nitrogens with zero attached hydrogens (tertiary/aromatic N) is 2. The molecule has 8 nitrogen and oxygen atoms in total. The fourth-order valence-electron chi connectivity index (χ4n) is 4.05. The van der Waals surface area contributed by atoms with Gasteiger partial charge in [0.05, 0.1) is 17.7 Å². The van der Waals surface area contributed by atoms with Crippen LogP contribution >= 0.6 is 0 Å². The molecule has 0 saturated carbocycles. The van der Waals surface area contributed by atoms with E-state index in [4.69, 9.17) is 5.73 Å². The third-order valence-corrected chi connectivity index (χ3v) is 5.89. The van der Waals surface area contributed by atoms with Gasteiger partial charge in [0, 0.05) is 25.1 Å². The van der Waals surface area contributed by atoms with Gasteiger partial charge in [0.25, 0.3) is 11.8 Å². The summed E-state index contributed by atoms with van der Waals surface area (Å²) in [6.07, 6.45) is -4.87. The Morgan fingerprint density at radius 3 is 2.45 bits per heavy atom. The van der Waals surface area contributed by atoms with E-state index < -0.39 is 48.4 Å². The van der Waals surface area contributed by atoms with E-state index in [-0.39, 0.29) is 5.56 Å². The normalized spacial score (nSPS) is 16.2. The molecule has 2 aromatic carbocycles. The quantitative estimate of drug-likeness (QED) is 0.266. The number of fused-ring (bicyclic) bond motifs is 1. The van der Waals surface area contributed by atoms with E-state index in [1.54, 1.807) is 42.5 Å². The third-order valence-electron chi connectivity index (χ3n) is 5.89. The standard InChI is InChI=1S/C27H26F3N3O5/c1-17(15-22(34)38-26(37)27(28,29)30)33-23(19-10-6-3-7-11-19)25(36)32(2)21-13-12-18(9-5-4-8-14-31)16-20(21)24(33)35/h3,6-7,10-13,16-17,23H,4,8,14-15,31H2,1-2H3. The van der Waals surface area contributed by atoms with Gasteiger partial charge >= 0.3 is 18.1 Å². The molecule has 0 spiro atoms. The second kappa shape index (κ2) is 11.9. The van der Waals surface area contributed by atoms with Crippen LogP contribution in [-0.4, -0.2) is 54.5 Å². The van der Waals surface area contributed by atoms with E-state index in [1.165, 1.54) is 24.9 Å². The van der Waals surface area contributed by atoms with Crippen LogP contribution in [0.5, 0.6) is 0 Å². The van der Waals surface area contributed by atoms with Gasteiger partial charge in [-0.25, -0.2) is 4.79 Å². The molecule has 11 heteroatoms. The smallest absolute Gasteiger partial charge is 0.386 e. The van der Waals surface area contributed by atoms with Gasteiger partial charge in [0.1, 0.15) is 6.04 Å². The summed E-state index contributed by atoms with van der Waals surface area (Å²) in [6.45, 7) is 1.87. The van der Waals surface area contributed by atoms with Crippen molar-refractivity contribution in [2.24, 2.45) is 5.73 Å². The van der Waals surface area contributed by atoms with Crippen LogP contribution in [0.3, 0.4) is 0 Å². The van der Waals surface area contributed by atoms with Crippen molar-refractivity contribution in [3.05, 3.63) is 65.2 Å².